The average Bonchev–Trinajstić information content (AvgIpc) is 2.80. The lowest BCUT2D eigenvalue weighted by Gasteiger charge is -2.31. The molecule has 0 aliphatic carbocycles. The maximum atomic E-state index is 13.0. The lowest BCUT2D eigenvalue weighted by atomic mass is 9.97. The van der Waals surface area contributed by atoms with Crippen LogP contribution in [0.4, 0.5) is 13.2 Å². The third-order valence-electron chi connectivity index (χ3n) is 3.81. The summed E-state index contributed by atoms with van der Waals surface area (Å²) in [5.74, 6) is -2.11. The molecule has 1 aliphatic heterocycles. The molecule has 1 saturated heterocycles. The first-order valence-electron chi connectivity index (χ1n) is 6.39. The molecule has 4 nitrogen and oxygen atoms in total. The van der Waals surface area contributed by atoms with Gasteiger partial charge in [-0.1, -0.05) is 12.1 Å². The van der Waals surface area contributed by atoms with Crippen molar-refractivity contribution in [3.8, 4) is 0 Å². The molecule has 1 heterocycles. The van der Waals surface area contributed by atoms with Crippen LogP contribution < -0.4 is 0 Å². The van der Waals surface area contributed by atoms with Gasteiger partial charge < -0.3 is 10.0 Å². The molecular formula is C14H14F3NO3. The van der Waals surface area contributed by atoms with Gasteiger partial charge in [0.25, 0.3) is 5.91 Å². The van der Waals surface area contributed by atoms with Crippen LogP contribution in [0.1, 0.15) is 35.7 Å². The zero-order chi connectivity index (χ0) is 15.8. The topological polar surface area (TPSA) is 57.6 Å². The van der Waals surface area contributed by atoms with Crippen molar-refractivity contribution < 1.29 is 27.9 Å². The molecule has 0 spiro atoms. The molecule has 7 heteroatoms. The minimum absolute atomic E-state index is 0.133. The van der Waals surface area contributed by atoms with Gasteiger partial charge in [-0.05, 0) is 31.9 Å². The zero-order valence-electron chi connectivity index (χ0n) is 11.3. The number of carbonyl (C=O) groups is 2. The lowest BCUT2D eigenvalue weighted by Crippen LogP contribution is -2.51. The summed E-state index contributed by atoms with van der Waals surface area (Å²) in [4.78, 5) is 24.7. The highest BCUT2D eigenvalue weighted by molar-refractivity contribution is 5.99. The number of rotatable bonds is 2. The van der Waals surface area contributed by atoms with Crippen LogP contribution in [0.3, 0.4) is 0 Å². The SMILES string of the molecule is CC1(C(=O)O)CCCN1C(=O)c1ccccc1C(F)(F)F. The quantitative estimate of drug-likeness (QED) is 0.914. The highest BCUT2D eigenvalue weighted by atomic mass is 19.4. The van der Waals surface area contributed by atoms with Gasteiger partial charge in [-0.15, -0.1) is 0 Å². The molecule has 1 aromatic rings. The largest absolute Gasteiger partial charge is 0.480 e. The summed E-state index contributed by atoms with van der Waals surface area (Å²) < 4.78 is 38.9. The van der Waals surface area contributed by atoms with Crippen molar-refractivity contribution in [2.45, 2.75) is 31.5 Å². The number of hydrogen-bond donors (Lipinski definition) is 1. The second-order valence-corrected chi connectivity index (χ2v) is 5.18. The monoisotopic (exact) mass is 301 g/mol. The van der Waals surface area contributed by atoms with E-state index in [0.717, 1.165) is 17.0 Å². The Morgan fingerprint density at radius 3 is 2.48 bits per heavy atom. The smallest absolute Gasteiger partial charge is 0.417 e. The van der Waals surface area contributed by atoms with E-state index in [9.17, 15) is 27.9 Å². The Kier molecular flexibility index (Phi) is 3.69. The molecule has 0 radical (unpaired) electrons. The summed E-state index contributed by atoms with van der Waals surface area (Å²) in [6.07, 6.45) is -3.99. The summed E-state index contributed by atoms with van der Waals surface area (Å²) in [5.41, 5.74) is -3.02. The Morgan fingerprint density at radius 1 is 1.29 bits per heavy atom. The van der Waals surface area contributed by atoms with Crippen LogP contribution in [0.25, 0.3) is 0 Å². The van der Waals surface area contributed by atoms with Crippen molar-refractivity contribution >= 4 is 11.9 Å². The van der Waals surface area contributed by atoms with E-state index in [0.29, 0.717) is 6.42 Å². The van der Waals surface area contributed by atoms with Gasteiger partial charge in [0.2, 0.25) is 0 Å². The number of likely N-dealkylation sites (tertiary alicyclic amines) is 1. The number of carboxylic acids is 1. The van der Waals surface area contributed by atoms with E-state index >= 15 is 0 Å². The molecule has 1 N–H and O–H groups in total. The van der Waals surface area contributed by atoms with E-state index in [1.54, 1.807) is 0 Å². The second kappa shape index (κ2) is 5.05. The minimum Gasteiger partial charge on any atom is -0.480 e. The third-order valence-corrected chi connectivity index (χ3v) is 3.81. The fourth-order valence-corrected chi connectivity index (χ4v) is 2.57. The highest BCUT2D eigenvalue weighted by Gasteiger charge is 2.47. The van der Waals surface area contributed by atoms with E-state index in [1.165, 1.54) is 19.1 Å². The highest BCUT2D eigenvalue weighted by Crippen LogP contribution is 2.35. The molecule has 0 saturated carbocycles. The van der Waals surface area contributed by atoms with E-state index < -0.39 is 34.7 Å². The standard InChI is InChI=1S/C14H14F3NO3/c1-13(12(20)21)7-4-8-18(13)11(19)9-5-2-3-6-10(9)14(15,16)17/h2-3,5-6H,4,7-8H2,1H3,(H,20,21). The van der Waals surface area contributed by atoms with Crippen LogP contribution in [-0.4, -0.2) is 34.0 Å². The van der Waals surface area contributed by atoms with Crippen molar-refractivity contribution in [3.63, 3.8) is 0 Å². The number of benzene rings is 1. The molecule has 1 atom stereocenters. The Hall–Kier alpha value is -2.05. The van der Waals surface area contributed by atoms with Gasteiger partial charge in [-0.25, -0.2) is 4.79 Å². The van der Waals surface area contributed by atoms with Gasteiger partial charge in [-0.2, -0.15) is 13.2 Å². The fourth-order valence-electron chi connectivity index (χ4n) is 2.57. The second-order valence-electron chi connectivity index (χ2n) is 5.18. The van der Waals surface area contributed by atoms with Crippen LogP contribution in [-0.2, 0) is 11.0 Å². The summed E-state index contributed by atoms with van der Waals surface area (Å²) in [7, 11) is 0. The van der Waals surface area contributed by atoms with Crippen molar-refractivity contribution in [2.24, 2.45) is 0 Å². The van der Waals surface area contributed by atoms with E-state index in [2.05, 4.69) is 0 Å². The maximum absolute atomic E-state index is 13.0. The minimum atomic E-state index is -4.66. The number of carbonyl (C=O) groups excluding carboxylic acids is 1. The van der Waals surface area contributed by atoms with Crippen molar-refractivity contribution in [3.05, 3.63) is 35.4 Å². The predicted octanol–water partition coefficient (Wildman–Crippen LogP) is 2.78. The Balaban J connectivity index is 2.44. The van der Waals surface area contributed by atoms with Crippen molar-refractivity contribution in [2.75, 3.05) is 6.54 Å². The van der Waals surface area contributed by atoms with Crippen LogP contribution in [0.2, 0.25) is 0 Å². The number of hydrogen-bond acceptors (Lipinski definition) is 2. The van der Waals surface area contributed by atoms with Gasteiger partial charge in [0.15, 0.2) is 0 Å². The summed E-state index contributed by atoms with van der Waals surface area (Å²) >= 11 is 0. The van der Waals surface area contributed by atoms with Crippen molar-refractivity contribution in [1.82, 2.24) is 4.90 Å². The molecule has 2 rings (SSSR count). The molecule has 1 amide bonds. The molecule has 21 heavy (non-hydrogen) atoms. The number of amides is 1. The number of nitrogens with zero attached hydrogens (tertiary/aromatic N) is 1. The normalized spacial score (nSPS) is 22.4. The van der Waals surface area contributed by atoms with Crippen LogP contribution in [0.15, 0.2) is 24.3 Å². The van der Waals surface area contributed by atoms with Crippen LogP contribution in [0, 0.1) is 0 Å². The molecule has 1 fully saturated rings. The zero-order valence-corrected chi connectivity index (χ0v) is 11.3. The molecule has 1 unspecified atom stereocenters. The lowest BCUT2D eigenvalue weighted by molar-refractivity contribution is -0.147. The Bertz CT molecular complexity index is 585. The number of aliphatic carboxylic acids is 1. The van der Waals surface area contributed by atoms with Crippen LogP contribution in [0.5, 0.6) is 0 Å². The molecule has 0 aromatic heterocycles. The van der Waals surface area contributed by atoms with Gasteiger partial charge in [0, 0.05) is 6.54 Å². The van der Waals surface area contributed by atoms with E-state index in [4.69, 9.17) is 0 Å². The summed E-state index contributed by atoms with van der Waals surface area (Å²) in [6, 6.07) is 4.42. The molecule has 1 aliphatic rings. The summed E-state index contributed by atoms with van der Waals surface area (Å²) in [6.45, 7) is 1.49. The van der Waals surface area contributed by atoms with Crippen molar-refractivity contribution in [1.29, 1.82) is 0 Å². The van der Waals surface area contributed by atoms with Gasteiger partial charge >= 0.3 is 12.1 Å². The maximum Gasteiger partial charge on any atom is 0.417 e. The average molecular weight is 301 g/mol. The first-order chi connectivity index (χ1) is 9.68. The van der Waals surface area contributed by atoms with E-state index in [1.807, 2.05) is 0 Å². The fraction of sp³-hybridized carbons (Fsp3) is 0.429. The molecular weight excluding hydrogens is 287 g/mol. The van der Waals surface area contributed by atoms with Crippen LogP contribution >= 0.6 is 0 Å². The predicted molar refractivity (Wildman–Crippen MR) is 67.8 cm³/mol. The van der Waals surface area contributed by atoms with Gasteiger partial charge in [0.05, 0.1) is 11.1 Å². The number of carboxylic acid groups (broad SMARTS) is 1. The Morgan fingerprint density at radius 2 is 1.90 bits per heavy atom. The number of alkyl halides is 3. The van der Waals surface area contributed by atoms with Gasteiger partial charge in [-0.3, -0.25) is 4.79 Å². The number of halogens is 3. The summed E-state index contributed by atoms with van der Waals surface area (Å²) in [5, 5.41) is 9.25. The first kappa shape index (κ1) is 15.3. The first-order valence-corrected chi connectivity index (χ1v) is 6.39. The van der Waals surface area contributed by atoms with Gasteiger partial charge in [0.1, 0.15) is 5.54 Å². The molecule has 114 valence electrons. The molecule has 0 bridgehead atoms. The van der Waals surface area contributed by atoms with E-state index in [-0.39, 0.29) is 13.0 Å². The molecule has 1 aromatic carbocycles. The third kappa shape index (κ3) is 2.59. The Labute approximate surface area is 119 Å².